The minimum absolute atomic E-state index is 0.187. The van der Waals surface area contributed by atoms with E-state index in [1.807, 2.05) is 0 Å². The second-order valence-electron chi connectivity index (χ2n) is 6.21. The first-order valence-corrected chi connectivity index (χ1v) is 7.74. The summed E-state index contributed by atoms with van der Waals surface area (Å²) in [5.41, 5.74) is 0.505. The molecule has 0 unspecified atom stereocenters. The number of nitrogens with one attached hydrogen (secondary N) is 2. The predicted molar refractivity (Wildman–Crippen MR) is 74.5 cm³/mol. The van der Waals surface area contributed by atoms with Crippen molar-refractivity contribution in [3.63, 3.8) is 0 Å². The lowest BCUT2D eigenvalue weighted by molar-refractivity contribution is -0.121. The number of rotatable bonds is 6. The van der Waals surface area contributed by atoms with Crippen molar-refractivity contribution >= 4 is 5.91 Å². The van der Waals surface area contributed by atoms with Gasteiger partial charge >= 0.3 is 0 Å². The van der Waals surface area contributed by atoms with E-state index >= 15 is 0 Å². The molecule has 2 rings (SSSR count). The summed E-state index contributed by atoms with van der Waals surface area (Å²) < 4.78 is 0. The van der Waals surface area contributed by atoms with Crippen LogP contribution in [0.4, 0.5) is 0 Å². The molecule has 0 spiro atoms. The molecule has 2 fully saturated rings. The molecule has 0 bridgehead atoms. The van der Waals surface area contributed by atoms with E-state index < -0.39 is 0 Å². The Morgan fingerprint density at radius 2 is 1.89 bits per heavy atom. The number of amides is 1. The van der Waals surface area contributed by atoms with Gasteiger partial charge < -0.3 is 10.6 Å². The Hall–Kier alpha value is -0.570. The molecular weight excluding hydrogens is 224 g/mol. The third-order valence-electron chi connectivity index (χ3n) is 4.92. The fourth-order valence-corrected chi connectivity index (χ4v) is 3.30. The van der Waals surface area contributed by atoms with Crippen LogP contribution in [0.1, 0.15) is 64.7 Å². The lowest BCUT2D eigenvalue weighted by Gasteiger charge is -2.41. The maximum Gasteiger partial charge on any atom is 0.234 e. The first-order valence-electron chi connectivity index (χ1n) is 7.74. The molecular formula is C15H28N2O. The predicted octanol–water partition coefficient (Wildman–Crippen LogP) is 2.61. The molecule has 18 heavy (non-hydrogen) atoms. The summed E-state index contributed by atoms with van der Waals surface area (Å²) in [6.07, 6.45) is 11.5. The summed E-state index contributed by atoms with van der Waals surface area (Å²) >= 11 is 0. The zero-order valence-electron chi connectivity index (χ0n) is 11.8. The van der Waals surface area contributed by atoms with Crippen LogP contribution in [-0.4, -0.2) is 25.0 Å². The maximum atomic E-state index is 11.8. The molecule has 0 aliphatic heterocycles. The fraction of sp³-hybridized carbons (Fsp3) is 0.933. The maximum absolute atomic E-state index is 11.8. The van der Waals surface area contributed by atoms with Gasteiger partial charge in [0.05, 0.1) is 6.54 Å². The first-order chi connectivity index (χ1) is 8.74. The van der Waals surface area contributed by atoms with Crippen LogP contribution < -0.4 is 10.6 Å². The Bertz CT molecular complexity index is 262. The molecule has 2 aliphatic rings. The van der Waals surface area contributed by atoms with Gasteiger partial charge in [0, 0.05) is 12.6 Å². The smallest absolute Gasteiger partial charge is 0.234 e. The second-order valence-corrected chi connectivity index (χ2v) is 6.21. The molecule has 104 valence electrons. The van der Waals surface area contributed by atoms with Gasteiger partial charge in [-0.2, -0.15) is 0 Å². The van der Waals surface area contributed by atoms with Crippen LogP contribution >= 0.6 is 0 Å². The van der Waals surface area contributed by atoms with Gasteiger partial charge in [-0.05, 0) is 37.5 Å². The molecule has 3 nitrogen and oxygen atoms in total. The van der Waals surface area contributed by atoms with Crippen molar-refractivity contribution in [1.82, 2.24) is 10.6 Å². The minimum Gasteiger partial charge on any atom is -0.352 e. The summed E-state index contributed by atoms with van der Waals surface area (Å²) in [7, 11) is 0. The van der Waals surface area contributed by atoms with E-state index in [9.17, 15) is 4.79 Å². The van der Waals surface area contributed by atoms with Gasteiger partial charge in [0.15, 0.2) is 0 Å². The molecule has 1 amide bonds. The topological polar surface area (TPSA) is 41.1 Å². The van der Waals surface area contributed by atoms with Gasteiger partial charge in [-0.15, -0.1) is 0 Å². The summed E-state index contributed by atoms with van der Waals surface area (Å²) in [5, 5.41) is 6.51. The standard InChI is InChI=1S/C15H28N2O/c1-2-15(9-6-10-15)12-16-11-14(18)17-13-7-4-3-5-8-13/h13,16H,2-12H2,1H3,(H,17,18). The normalized spacial score (nSPS) is 23.4. The molecule has 0 atom stereocenters. The van der Waals surface area contributed by atoms with Crippen molar-refractivity contribution in [2.75, 3.05) is 13.1 Å². The van der Waals surface area contributed by atoms with Crippen molar-refractivity contribution in [3.8, 4) is 0 Å². The quantitative estimate of drug-likeness (QED) is 0.763. The summed E-state index contributed by atoms with van der Waals surface area (Å²) in [6.45, 7) is 3.78. The number of hydrogen-bond acceptors (Lipinski definition) is 2. The van der Waals surface area contributed by atoms with E-state index in [0.29, 0.717) is 18.0 Å². The van der Waals surface area contributed by atoms with E-state index in [1.165, 1.54) is 57.8 Å². The third-order valence-corrected chi connectivity index (χ3v) is 4.92. The number of hydrogen-bond donors (Lipinski definition) is 2. The van der Waals surface area contributed by atoms with Crippen LogP contribution in [0.25, 0.3) is 0 Å². The third kappa shape index (κ3) is 3.71. The van der Waals surface area contributed by atoms with Gasteiger partial charge in [-0.1, -0.05) is 32.6 Å². The van der Waals surface area contributed by atoms with E-state index in [1.54, 1.807) is 0 Å². The zero-order chi connectivity index (χ0) is 12.8. The lowest BCUT2D eigenvalue weighted by Crippen LogP contribution is -2.45. The summed E-state index contributed by atoms with van der Waals surface area (Å²) in [5.74, 6) is 0.187. The highest BCUT2D eigenvalue weighted by Crippen LogP contribution is 2.42. The zero-order valence-corrected chi connectivity index (χ0v) is 11.8. The number of carbonyl (C=O) groups excluding carboxylic acids is 1. The molecule has 0 radical (unpaired) electrons. The van der Waals surface area contributed by atoms with Crippen molar-refractivity contribution in [2.45, 2.75) is 70.8 Å². The van der Waals surface area contributed by atoms with Gasteiger partial charge in [0.1, 0.15) is 0 Å². The van der Waals surface area contributed by atoms with Crippen LogP contribution in [-0.2, 0) is 4.79 Å². The Morgan fingerprint density at radius 3 is 2.44 bits per heavy atom. The van der Waals surface area contributed by atoms with E-state index in [-0.39, 0.29) is 5.91 Å². The molecule has 0 aromatic heterocycles. The summed E-state index contributed by atoms with van der Waals surface area (Å²) in [4.78, 5) is 11.8. The molecule has 3 heteroatoms. The van der Waals surface area contributed by atoms with E-state index in [2.05, 4.69) is 17.6 Å². The Kier molecular flexibility index (Phi) is 5.04. The second kappa shape index (κ2) is 6.55. The molecule has 2 aliphatic carbocycles. The molecule has 0 aromatic rings. The minimum atomic E-state index is 0.187. The molecule has 0 saturated heterocycles. The van der Waals surface area contributed by atoms with Gasteiger partial charge in [-0.3, -0.25) is 4.79 Å². The van der Waals surface area contributed by atoms with Crippen LogP contribution in [0.15, 0.2) is 0 Å². The van der Waals surface area contributed by atoms with Crippen LogP contribution in [0.2, 0.25) is 0 Å². The van der Waals surface area contributed by atoms with E-state index in [0.717, 1.165) is 6.54 Å². The van der Waals surface area contributed by atoms with Crippen molar-refractivity contribution in [2.24, 2.45) is 5.41 Å². The number of carbonyl (C=O) groups is 1. The lowest BCUT2D eigenvalue weighted by atomic mass is 9.67. The Balaban J connectivity index is 1.59. The van der Waals surface area contributed by atoms with Gasteiger partial charge in [0.2, 0.25) is 5.91 Å². The van der Waals surface area contributed by atoms with Crippen LogP contribution in [0.3, 0.4) is 0 Å². The summed E-state index contributed by atoms with van der Waals surface area (Å²) in [6, 6.07) is 0.442. The average Bonchev–Trinajstić information content (AvgIpc) is 2.34. The van der Waals surface area contributed by atoms with Crippen molar-refractivity contribution < 1.29 is 4.79 Å². The fourth-order valence-electron chi connectivity index (χ4n) is 3.30. The highest BCUT2D eigenvalue weighted by molar-refractivity contribution is 5.78. The molecule has 2 saturated carbocycles. The average molecular weight is 252 g/mol. The molecule has 2 N–H and O–H groups in total. The Labute approximate surface area is 111 Å². The monoisotopic (exact) mass is 252 g/mol. The van der Waals surface area contributed by atoms with Crippen molar-refractivity contribution in [1.29, 1.82) is 0 Å². The highest BCUT2D eigenvalue weighted by atomic mass is 16.1. The van der Waals surface area contributed by atoms with Crippen LogP contribution in [0, 0.1) is 5.41 Å². The Morgan fingerprint density at radius 1 is 1.17 bits per heavy atom. The molecule has 0 aromatic carbocycles. The van der Waals surface area contributed by atoms with Gasteiger partial charge in [-0.25, -0.2) is 0 Å². The largest absolute Gasteiger partial charge is 0.352 e. The molecule has 0 heterocycles. The van der Waals surface area contributed by atoms with E-state index in [4.69, 9.17) is 0 Å². The highest BCUT2D eigenvalue weighted by Gasteiger charge is 2.34. The van der Waals surface area contributed by atoms with Crippen molar-refractivity contribution in [3.05, 3.63) is 0 Å². The first kappa shape index (κ1) is 13.9. The SMILES string of the molecule is CCC1(CNCC(=O)NC2CCCCC2)CCC1. The van der Waals surface area contributed by atoms with Gasteiger partial charge in [0.25, 0.3) is 0 Å². The van der Waals surface area contributed by atoms with Crippen LogP contribution in [0.5, 0.6) is 0 Å².